The van der Waals surface area contributed by atoms with Gasteiger partial charge in [0.05, 0.1) is 0 Å². The Morgan fingerprint density at radius 3 is 2.65 bits per heavy atom. The SMILES string of the molecule is C=CCCCCCC(=O)c1ccc(Br)cc1Br. The number of halogens is 2. The van der Waals surface area contributed by atoms with E-state index in [4.69, 9.17) is 0 Å². The number of carbonyl (C=O) groups excluding carboxylic acids is 1. The van der Waals surface area contributed by atoms with Gasteiger partial charge in [-0.15, -0.1) is 6.58 Å². The van der Waals surface area contributed by atoms with Gasteiger partial charge in [-0.25, -0.2) is 0 Å². The van der Waals surface area contributed by atoms with Gasteiger partial charge in [0.25, 0.3) is 0 Å². The number of allylic oxidation sites excluding steroid dienone is 1. The van der Waals surface area contributed by atoms with Crippen LogP contribution in [0.3, 0.4) is 0 Å². The van der Waals surface area contributed by atoms with E-state index in [1.807, 2.05) is 24.3 Å². The summed E-state index contributed by atoms with van der Waals surface area (Å²) >= 11 is 6.79. The molecule has 0 heterocycles. The monoisotopic (exact) mass is 358 g/mol. The largest absolute Gasteiger partial charge is 0.294 e. The molecule has 0 saturated carbocycles. The van der Waals surface area contributed by atoms with Crippen LogP contribution in [0.2, 0.25) is 0 Å². The number of hydrogen-bond acceptors (Lipinski definition) is 1. The van der Waals surface area contributed by atoms with Crippen molar-refractivity contribution < 1.29 is 4.79 Å². The number of ketones is 1. The van der Waals surface area contributed by atoms with Gasteiger partial charge in [-0.3, -0.25) is 4.79 Å². The zero-order valence-electron chi connectivity index (χ0n) is 9.72. The van der Waals surface area contributed by atoms with Crippen molar-refractivity contribution in [2.75, 3.05) is 0 Å². The molecular formula is C14H16Br2O. The Balaban J connectivity index is 2.44. The highest BCUT2D eigenvalue weighted by Gasteiger charge is 2.09. The van der Waals surface area contributed by atoms with Crippen molar-refractivity contribution in [3.05, 3.63) is 45.4 Å². The molecule has 0 aliphatic rings. The van der Waals surface area contributed by atoms with Crippen LogP contribution in [-0.4, -0.2) is 5.78 Å². The van der Waals surface area contributed by atoms with Crippen LogP contribution in [-0.2, 0) is 0 Å². The summed E-state index contributed by atoms with van der Waals surface area (Å²) < 4.78 is 1.84. The van der Waals surface area contributed by atoms with E-state index in [-0.39, 0.29) is 5.78 Å². The topological polar surface area (TPSA) is 17.1 Å². The standard InChI is InChI=1S/C14H16Br2O/c1-2-3-4-5-6-7-14(17)12-9-8-11(15)10-13(12)16/h2,8-10H,1,3-7H2. The Labute approximate surface area is 120 Å². The van der Waals surface area contributed by atoms with Gasteiger partial charge in [-0.2, -0.15) is 0 Å². The van der Waals surface area contributed by atoms with E-state index in [1.165, 1.54) is 0 Å². The summed E-state index contributed by atoms with van der Waals surface area (Å²) in [5.41, 5.74) is 0.775. The molecule has 0 aliphatic heterocycles. The van der Waals surface area contributed by atoms with E-state index in [9.17, 15) is 4.79 Å². The molecule has 0 bridgehead atoms. The fourth-order valence-corrected chi connectivity index (χ4v) is 2.87. The zero-order valence-corrected chi connectivity index (χ0v) is 12.9. The van der Waals surface area contributed by atoms with Crippen LogP contribution in [0.1, 0.15) is 42.5 Å². The van der Waals surface area contributed by atoms with Crippen molar-refractivity contribution in [1.82, 2.24) is 0 Å². The molecule has 0 radical (unpaired) electrons. The lowest BCUT2D eigenvalue weighted by molar-refractivity contribution is 0.0978. The number of carbonyl (C=O) groups is 1. The number of Topliss-reactive ketones (excluding diaryl/α,β-unsaturated/α-hetero) is 1. The molecule has 1 rings (SSSR count). The van der Waals surface area contributed by atoms with Crippen molar-refractivity contribution >= 4 is 37.6 Å². The van der Waals surface area contributed by atoms with Crippen molar-refractivity contribution in [3.8, 4) is 0 Å². The molecule has 1 aromatic rings. The van der Waals surface area contributed by atoms with E-state index in [0.29, 0.717) is 6.42 Å². The van der Waals surface area contributed by atoms with Crippen LogP contribution >= 0.6 is 31.9 Å². The molecule has 0 saturated heterocycles. The van der Waals surface area contributed by atoms with Gasteiger partial charge in [0.15, 0.2) is 5.78 Å². The average Bonchev–Trinajstić information content (AvgIpc) is 2.28. The first-order valence-electron chi connectivity index (χ1n) is 5.74. The molecule has 0 N–H and O–H groups in total. The first-order chi connectivity index (χ1) is 8.15. The number of rotatable bonds is 7. The van der Waals surface area contributed by atoms with Crippen molar-refractivity contribution in [2.24, 2.45) is 0 Å². The van der Waals surface area contributed by atoms with Crippen LogP contribution in [0.15, 0.2) is 39.8 Å². The summed E-state index contributed by atoms with van der Waals surface area (Å²) in [6, 6.07) is 5.67. The molecule has 0 aromatic heterocycles. The van der Waals surface area contributed by atoms with Gasteiger partial charge in [0, 0.05) is 20.9 Å². The molecule has 0 fully saturated rings. The molecule has 3 heteroatoms. The second-order valence-electron chi connectivity index (χ2n) is 3.94. The van der Waals surface area contributed by atoms with E-state index < -0.39 is 0 Å². The highest BCUT2D eigenvalue weighted by atomic mass is 79.9. The number of benzene rings is 1. The average molecular weight is 360 g/mol. The van der Waals surface area contributed by atoms with Gasteiger partial charge in [-0.05, 0) is 37.5 Å². The van der Waals surface area contributed by atoms with E-state index in [0.717, 1.165) is 40.2 Å². The van der Waals surface area contributed by atoms with Crippen LogP contribution in [0.5, 0.6) is 0 Å². The molecule has 1 aromatic carbocycles. The third kappa shape index (κ3) is 5.17. The molecule has 1 nitrogen and oxygen atoms in total. The predicted octanol–water partition coefficient (Wildman–Crippen LogP) is 5.53. The van der Waals surface area contributed by atoms with E-state index >= 15 is 0 Å². The van der Waals surface area contributed by atoms with Crippen LogP contribution in [0.25, 0.3) is 0 Å². The van der Waals surface area contributed by atoms with Crippen molar-refractivity contribution in [1.29, 1.82) is 0 Å². The van der Waals surface area contributed by atoms with Gasteiger partial charge in [0.1, 0.15) is 0 Å². The smallest absolute Gasteiger partial charge is 0.164 e. The molecule has 0 amide bonds. The van der Waals surface area contributed by atoms with Crippen molar-refractivity contribution in [3.63, 3.8) is 0 Å². The zero-order chi connectivity index (χ0) is 12.7. The molecule has 0 unspecified atom stereocenters. The Morgan fingerprint density at radius 1 is 1.24 bits per heavy atom. The summed E-state index contributed by atoms with van der Waals surface area (Å²) in [7, 11) is 0. The first kappa shape index (κ1) is 14.7. The lowest BCUT2D eigenvalue weighted by Gasteiger charge is -2.04. The van der Waals surface area contributed by atoms with Crippen molar-refractivity contribution in [2.45, 2.75) is 32.1 Å². The third-order valence-electron chi connectivity index (χ3n) is 2.54. The summed E-state index contributed by atoms with van der Waals surface area (Å²) in [6.07, 6.45) is 6.75. The van der Waals surface area contributed by atoms with E-state index in [2.05, 4.69) is 38.4 Å². The Kier molecular flexibility index (Phi) is 6.75. The molecule has 0 atom stereocenters. The minimum atomic E-state index is 0.211. The van der Waals surface area contributed by atoms with Gasteiger partial charge in [-0.1, -0.05) is 44.4 Å². The highest BCUT2D eigenvalue weighted by Crippen LogP contribution is 2.23. The second kappa shape index (κ2) is 7.83. The summed E-state index contributed by atoms with van der Waals surface area (Å²) in [4.78, 5) is 11.9. The van der Waals surface area contributed by atoms with Crippen LogP contribution in [0, 0.1) is 0 Å². The third-order valence-corrected chi connectivity index (χ3v) is 3.69. The minimum absolute atomic E-state index is 0.211. The van der Waals surface area contributed by atoms with Crippen LogP contribution in [0.4, 0.5) is 0 Å². The molecule has 17 heavy (non-hydrogen) atoms. The first-order valence-corrected chi connectivity index (χ1v) is 7.33. The van der Waals surface area contributed by atoms with E-state index in [1.54, 1.807) is 0 Å². The molecule has 0 spiro atoms. The van der Waals surface area contributed by atoms with Gasteiger partial charge >= 0.3 is 0 Å². The maximum Gasteiger partial charge on any atom is 0.164 e. The predicted molar refractivity (Wildman–Crippen MR) is 79.5 cm³/mol. The Morgan fingerprint density at radius 2 is 2.00 bits per heavy atom. The maximum atomic E-state index is 11.9. The number of hydrogen-bond donors (Lipinski definition) is 0. The highest BCUT2D eigenvalue weighted by molar-refractivity contribution is 9.11. The maximum absolute atomic E-state index is 11.9. The lowest BCUT2D eigenvalue weighted by Crippen LogP contribution is -2.00. The normalized spacial score (nSPS) is 10.2. The molecular weight excluding hydrogens is 344 g/mol. The Bertz CT molecular complexity index is 399. The fourth-order valence-electron chi connectivity index (χ4n) is 1.60. The minimum Gasteiger partial charge on any atom is -0.294 e. The van der Waals surface area contributed by atoms with Gasteiger partial charge < -0.3 is 0 Å². The second-order valence-corrected chi connectivity index (χ2v) is 5.71. The summed E-state index contributed by atoms with van der Waals surface area (Å²) in [5, 5.41) is 0. The molecule has 0 aliphatic carbocycles. The fraction of sp³-hybridized carbons (Fsp3) is 0.357. The van der Waals surface area contributed by atoms with Crippen LogP contribution < -0.4 is 0 Å². The quantitative estimate of drug-likeness (QED) is 0.355. The number of unbranched alkanes of at least 4 members (excludes halogenated alkanes) is 3. The van der Waals surface area contributed by atoms with Gasteiger partial charge in [0.2, 0.25) is 0 Å². The summed E-state index contributed by atoms with van der Waals surface area (Å²) in [5.74, 6) is 0.211. The Hall–Kier alpha value is -0.410. The lowest BCUT2D eigenvalue weighted by atomic mass is 10.0. The summed E-state index contributed by atoms with van der Waals surface area (Å²) in [6.45, 7) is 3.68. The molecule has 92 valence electrons.